The molecule has 0 aromatic carbocycles. The molecule has 0 spiro atoms. The van der Waals surface area contributed by atoms with E-state index < -0.39 is 8.32 Å². The zero-order valence-corrected chi connectivity index (χ0v) is 12.8. The van der Waals surface area contributed by atoms with Gasteiger partial charge in [0.05, 0.1) is 17.8 Å². The SMILES string of the molecule is CC(C)(C)O[C@H]1CCN(O[Si](C)(C)C)[C@@H]1C#N. The second-order valence-corrected chi connectivity index (χ2v) is 10.9. The lowest BCUT2D eigenvalue weighted by Crippen LogP contribution is -2.43. The van der Waals surface area contributed by atoms with Crippen molar-refractivity contribution >= 4 is 8.32 Å². The largest absolute Gasteiger partial charge is 0.370 e. The summed E-state index contributed by atoms with van der Waals surface area (Å²) in [5.74, 6) is 0. The number of nitrogens with zero attached hydrogens (tertiary/aromatic N) is 2. The lowest BCUT2D eigenvalue weighted by molar-refractivity contribution is -0.110. The summed E-state index contributed by atoms with van der Waals surface area (Å²) in [6.45, 7) is 13.2. The van der Waals surface area contributed by atoms with Crippen LogP contribution in [0.3, 0.4) is 0 Å². The van der Waals surface area contributed by atoms with Gasteiger partial charge in [-0.25, -0.2) is 0 Å². The third kappa shape index (κ3) is 4.76. The van der Waals surface area contributed by atoms with Crippen molar-refractivity contribution in [1.29, 1.82) is 5.26 Å². The van der Waals surface area contributed by atoms with Crippen molar-refractivity contribution < 1.29 is 9.26 Å². The number of nitriles is 1. The van der Waals surface area contributed by atoms with Gasteiger partial charge in [-0.05, 0) is 46.8 Å². The number of hydrogen-bond donors (Lipinski definition) is 0. The van der Waals surface area contributed by atoms with Gasteiger partial charge in [0.15, 0.2) is 0 Å². The van der Waals surface area contributed by atoms with E-state index in [0.717, 1.165) is 13.0 Å². The fourth-order valence-corrected chi connectivity index (χ4v) is 2.82. The average Bonchev–Trinajstić information content (AvgIpc) is 2.41. The van der Waals surface area contributed by atoms with E-state index in [4.69, 9.17) is 9.26 Å². The highest BCUT2D eigenvalue weighted by Crippen LogP contribution is 2.26. The van der Waals surface area contributed by atoms with Crippen molar-refractivity contribution in [3.05, 3.63) is 0 Å². The maximum absolute atomic E-state index is 9.26. The molecule has 4 nitrogen and oxygen atoms in total. The number of ether oxygens (including phenoxy) is 1. The Bertz CT molecular complexity index is 277. The molecule has 98 valence electrons. The Balaban J connectivity index is 2.66. The molecule has 1 heterocycles. The van der Waals surface area contributed by atoms with E-state index >= 15 is 0 Å². The molecule has 0 saturated carbocycles. The minimum atomic E-state index is -1.65. The highest BCUT2D eigenvalue weighted by atomic mass is 28.4. The van der Waals surface area contributed by atoms with Crippen molar-refractivity contribution in [1.82, 2.24) is 5.06 Å². The van der Waals surface area contributed by atoms with Gasteiger partial charge in [-0.1, -0.05) is 0 Å². The Morgan fingerprint density at radius 2 is 1.88 bits per heavy atom. The summed E-state index contributed by atoms with van der Waals surface area (Å²) < 4.78 is 11.8. The van der Waals surface area contributed by atoms with E-state index in [2.05, 4.69) is 25.7 Å². The van der Waals surface area contributed by atoms with Crippen LogP contribution in [-0.4, -0.2) is 37.7 Å². The second kappa shape index (κ2) is 5.07. The number of hydrogen-bond acceptors (Lipinski definition) is 4. The Hall–Kier alpha value is -0.413. The van der Waals surface area contributed by atoms with Crippen LogP contribution in [-0.2, 0) is 9.26 Å². The maximum atomic E-state index is 9.26. The quantitative estimate of drug-likeness (QED) is 0.728. The molecule has 0 N–H and O–H groups in total. The summed E-state index contributed by atoms with van der Waals surface area (Å²) in [5.41, 5.74) is -0.213. The molecule has 0 radical (unpaired) electrons. The molecule has 0 aliphatic carbocycles. The molecular formula is C12H24N2O2Si. The van der Waals surface area contributed by atoms with E-state index in [9.17, 15) is 5.26 Å². The van der Waals surface area contributed by atoms with Gasteiger partial charge in [-0.3, -0.25) is 0 Å². The molecule has 0 unspecified atom stereocenters. The van der Waals surface area contributed by atoms with Gasteiger partial charge in [0.1, 0.15) is 6.04 Å². The van der Waals surface area contributed by atoms with E-state index in [-0.39, 0.29) is 17.7 Å². The average molecular weight is 256 g/mol. The number of rotatable bonds is 3. The first kappa shape index (κ1) is 14.6. The third-order valence-corrected chi connectivity index (χ3v) is 3.11. The lowest BCUT2D eigenvalue weighted by atomic mass is 10.1. The van der Waals surface area contributed by atoms with Crippen LogP contribution in [0.1, 0.15) is 27.2 Å². The Morgan fingerprint density at radius 3 is 2.29 bits per heavy atom. The highest BCUT2D eigenvalue weighted by molar-refractivity contribution is 6.69. The monoisotopic (exact) mass is 256 g/mol. The third-order valence-electron chi connectivity index (χ3n) is 2.32. The van der Waals surface area contributed by atoms with Crippen LogP contribution in [0.5, 0.6) is 0 Å². The van der Waals surface area contributed by atoms with E-state index in [0.29, 0.717) is 0 Å². The molecule has 1 rings (SSSR count). The van der Waals surface area contributed by atoms with Crippen molar-refractivity contribution in [3.8, 4) is 6.07 Å². The van der Waals surface area contributed by atoms with Gasteiger partial charge < -0.3 is 9.26 Å². The molecule has 1 aliphatic heterocycles. The lowest BCUT2D eigenvalue weighted by Gasteiger charge is -2.30. The van der Waals surface area contributed by atoms with Gasteiger partial charge in [-0.2, -0.15) is 10.3 Å². The maximum Gasteiger partial charge on any atom is 0.212 e. The molecule has 1 saturated heterocycles. The smallest absolute Gasteiger partial charge is 0.212 e. The first-order valence-corrected chi connectivity index (χ1v) is 9.56. The fraction of sp³-hybridized carbons (Fsp3) is 0.917. The van der Waals surface area contributed by atoms with Crippen LogP contribution in [0.25, 0.3) is 0 Å². The van der Waals surface area contributed by atoms with Crippen LogP contribution in [0.4, 0.5) is 0 Å². The van der Waals surface area contributed by atoms with Crippen molar-refractivity contribution in [2.75, 3.05) is 6.54 Å². The summed E-state index contributed by atoms with van der Waals surface area (Å²) >= 11 is 0. The van der Waals surface area contributed by atoms with E-state index in [1.54, 1.807) is 0 Å². The Kier molecular flexibility index (Phi) is 4.36. The molecule has 5 heteroatoms. The highest BCUT2D eigenvalue weighted by Gasteiger charge is 2.40. The van der Waals surface area contributed by atoms with Gasteiger partial charge in [0.2, 0.25) is 8.32 Å². The van der Waals surface area contributed by atoms with Crippen LogP contribution in [0.15, 0.2) is 0 Å². The first-order valence-electron chi connectivity index (χ1n) is 6.15. The summed E-state index contributed by atoms with van der Waals surface area (Å²) in [6.07, 6.45) is 0.816. The summed E-state index contributed by atoms with van der Waals surface area (Å²) in [7, 11) is -1.65. The number of hydroxylamine groups is 2. The van der Waals surface area contributed by atoms with Crippen molar-refractivity contribution in [3.63, 3.8) is 0 Å². The zero-order chi connectivity index (χ0) is 13.3. The molecule has 2 atom stereocenters. The second-order valence-electron chi connectivity index (χ2n) is 6.48. The molecule has 0 amide bonds. The summed E-state index contributed by atoms with van der Waals surface area (Å²) in [5, 5.41) is 11.1. The van der Waals surface area contributed by atoms with Crippen LogP contribution >= 0.6 is 0 Å². The van der Waals surface area contributed by atoms with Crippen molar-refractivity contribution in [2.45, 2.75) is 64.6 Å². The Morgan fingerprint density at radius 1 is 1.29 bits per heavy atom. The first-order chi connectivity index (χ1) is 7.62. The minimum absolute atomic E-state index is 0.0450. The van der Waals surface area contributed by atoms with Gasteiger partial charge in [-0.15, -0.1) is 0 Å². The molecule has 1 fully saturated rings. The van der Waals surface area contributed by atoms with Crippen molar-refractivity contribution in [2.24, 2.45) is 0 Å². The normalized spacial score (nSPS) is 27.1. The molecule has 0 aromatic heterocycles. The van der Waals surface area contributed by atoms with Crippen LogP contribution in [0, 0.1) is 11.3 Å². The summed E-state index contributed by atoms with van der Waals surface area (Å²) in [4.78, 5) is 0. The minimum Gasteiger partial charge on any atom is -0.370 e. The molecule has 0 aromatic rings. The van der Waals surface area contributed by atoms with Gasteiger partial charge in [0.25, 0.3) is 0 Å². The van der Waals surface area contributed by atoms with Gasteiger partial charge in [0, 0.05) is 6.54 Å². The van der Waals surface area contributed by atoms with Gasteiger partial charge >= 0.3 is 0 Å². The van der Waals surface area contributed by atoms with E-state index in [1.807, 2.05) is 25.8 Å². The molecule has 17 heavy (non-hydrogen) atoms. The molecular weight excluding hydrogens is 232 g/mol. The zero-order valence-electron chi connectivity index (χ0n) is 11.8. The standard InChI is InChI=1S/C12H24N2O2Si/c1-12(2,3)15-11-7-8-14(10(11)9-13)16-17(4,5)6/h10-11H,7-8H2,1-6H3/t10-,11+/m1/s1. The molecule has 0 bridgehead atoms. The predicted molar refractivity (Wildman–Crippen MR) is 69.8 cm³/mol. The van der Waals surface area contributed by atoms with E-state index in [1.165, 1.54) is 0 Å². The predicted octanol–water partition coefficient (Wildman–Crippen LogP) is 2.53. The molecule has 1 aliphatic rings. The Labute approximate surface area is 106 Å². The summed E-state index contributed by atoms with van der Waals surface area (Å²) in [6, 6.07) is 2.03. The fourth-order valence-electron chi connectivity index (χ4n) is 1.92. The van der Waals surface area contributed by atoms with Crippen LogP contribution < -0.4 is 0 Å². The topological polar surface area (TPSA) is 45.5 Å². The van der Waals surface area contributed by atoms with Crippen LogP contribution in [0.2, 0.25) is 19.6 Å².